The van der Waals surface area contributed by atoms with Crippen molar-refractivity contribution in [1.29, 1.82) is 0 Å². The van der Waals surface area contributed by atoms with Crippen LogP contribution in [-0.2, 0) is 14.4 Å². The molecule has 4 N–H and O–H groups in total. The van der Waals surface area contributed by atoms with Crippen LogP contribution in [0.1, 0.15) is 26.2 Å². The Labute approximate surface area is 112 Å². The number of amides is 3. The molecule has 7 nitrogen and oxygen atoms in total. The number of aliphatic hydroxyl groups excluding tert-OH is 1. The molecule has 1 heterocycles. The topological polar surface area (TPSA) is 108 Å². The van der Waals surface area contributed by atoms with E-state index in [9.17, 15) is 14.4 Å². The lowest BCUT2D eigenvalue weighted by Crippen LogP contribution is -2.49. The summed E-state index contributed by atoms with van der Waals surface area (Å²) < 4.78 is 0. The number of rotatable bonds is 4. The third-order valence-corrected chi connectivity index (χ3v) is 3.20. The molecule has 1 aliphatic rings. The Kier molecular flexibility index (Phi) is 6.44. The molecule has 1 rings (SSSR count). The van der Waals surface area contributed by atoms with Crippen molar-refractivity contribution < 1.29 is 19.5 Å². The molecule has 0 aromatic rings. The molecule has 0 aliphatic carbocycles. The highest BCUT2D eigenvalue weighted by Crippen LogP contribution is 2.11. The van der Waals surface area contributed by atoms with Gasteiger partial charge in [0.1, 0.15) is 0 Å². The number of nitrogens with one attached hydrogen (secondary N) is 3. The van der Waals surface area contributed by atoms with Gasteiger partial charge in [0.25, 0.3) is 0 Å². The van der Waals surface area contributed by atoms with Crippen LogP contribution < -0.4 is 16.0 Å². The highest BCUT2D eigenvalue weighted by atomic mass is 16.3. The summed E-state index contributed by atoms with van der Waals surface area (Å²) in [5.74, 6) is -2.48. The van der Waals surface area contributed by atoms with E-state index >= 15 is 0 Å². The van der Waals surface area contributed by atoms with E-state index in [2.05, 4.69) is 16.0 Å². The van der Waals surface area contributed by atoms with Gasteiger partial charge in [-0.05, 0) is 32.4 Å². The van der Waals surface area contributed by atoms with Crippen LogP contribution in [0.5, 0.6) is 0 Å². The standard InChI is InChI=1S/C12H21N3O4/c1-2-9(7-16)14-11(18)12(19)15-10(17)8-3-5-13-6-4-8/h8-9,13,16H,2-7H2,1H3,(H,14,18)(H,15,17,19). The van der Waals surface area contributed by atoms with Crippen LogP contribution >= 0.6 is 0 Å². The Morgan fingerprint density at radius 2 is 1.89 bits per heavy atom. The fourth-order valence-corrected chi connectivity index (χ4v) is 1.88. The van der Waals surface area contributed by atoms with Gasteiger partial charge < -0.3 is 15.7 Å². The number of aliphatic hydroxyl groups is 1. The highest BCUT2D eigenvalue weighted by molar-refractivity contribution is 6.37. The molecule has 7 heteroatoms. The summed E-state index contributed by atoms with van der Waals surface area (Å²) in [4.78, 5) is 34.8. The molecule has 0 saturated carbocycles. The van der Waals surface area contributed by atoms with Gasteiger partial charge in [-0.15, -0.1) is 0 Å². The summed E-state index contributed by atoms with van der Waals surface area (Å²) in [7, 11) is 0. The van der Waals surface area contributed by atoms with Gasteiger partial charge >= 0.3 is 11.8 Å². The van der Waals surface area contributed by atoms with E-state index in [4.69, 9.17) is 5.11 Å². The molecule has 0 aromatic carbocycles. The van der Waals surface area contributed by atoms with Gasteiger partial charge in [0.15, 0.2) is 0 Å². The lowest BCUT2D eigenvalue weighted by molar-refractivity contribution is -0.143. The van der Waals surface area contributed by atoms with Crippen LogP contribution in [0.15, 0.2) is 0 Å². The first-order valence-electron chi connectivity index (χ1n) is 6.55. The molecule has 0 radical (unpaired) electrons. The van der Waals surface area contributed by atoms with E-state index in [1.54, 1.807) is 6.92 Å². The molecule has 3 amide bonds. The predicted molar refractivity (Wildman–Crippen MR) is 68.1 cm³/mol. The monoisotopic (exact) mass is 271 g/mol. The first kappa shape index (κ1) is 15.6. The third-order valence-electron chi connectivity index (χ3n) is 3.20. The molecule has 1 unspecified atom stereocenters. The first-order chi connectivity index (χ1) is 9.08. The zero-order valence-corrected chi connectivity index (χ0v) is 11.1. The number of imide groups is 1. The maximum absolute atomic E-state index is 11.7. The molecular weight excluding hydrogens is 250 g/mol. The van der Waals surface area contributed by atoms with Crippen molar-refractivity contribution in [3.8, 4) is 0 Å². The smallest absolute Gasteiger partial charge is 0.315 e. The van der Waals surface area contributed by atoms with E-state index < -0.39 is 23.8 Å². The SMILES string of the molecule is CCC(CO)NC(=O)C(=O)NC(=O)C1CCNCC1. The molecule has 0 spiro atoms. The minimum atomic E-state index is -0.963. The number of hydrogen-bond acceptors (Lipinski definition) is 5. The fraction of sp³-hybridized carbons (Fsp3) is 0.750. The van der Waals surface area contributed by atoms with Gasteiger partial charge in [0.2, 0.25) is 5.91 Å². The Bertz CT molecular complexity index is 336. The first-order valence-corrected chi connectivity index (χ1v) is 6.55. The Hall–Kier alpha value is -1.47. The van der Waals surface area contributed by atoms with E-state index in [1.807, 2.05) is 0 Å². The summed E-state index contributed by atoms with van der Waals surface area (Å²) in [6.07, 6.45) is 1.83. The molecule has 19 heavy (non-hydrogen) atoms. The minimum Gasteiger partial charge on any atom is -0.394 e. The number of hydrogen-bond donors (Lipinski definition) is 4. The molecule has 1 aliphatic heterocycles. The van der Waals surface area contributed by atoms with Crippen molar-refractivity contribution in [1.82, 2.24) is 16.0 Å². The predicted octanol–water partition coefficient (Wildman–Crippen LogP) is -1.48. The largest absolute Gasteiger partial charge is 0.394 e. The van der Waals surface area contributed by atoms with Gasteiger partial charge in [-0.25, -0.2) is 0 Å². The lowest BCUT2D eigenvalue weighted by atomic mass is 9.97. The van der Waals surface area contributed by atoms with Gasteiger partial charge in [-0.1, -0.05) is 6.92 Å². The second kappa shape index (κ2) is 7.85. The van der Waals surface area contributed by atoms with Crippen molar-refractivity contribution in [3.63, 3.8) is 0 Å². The maximum Gasteiger partial charge on any atom is 0.315 e. The van der Waals surface area contributed by atoms with E-state index in [-0.39, 0.29) is 12.5 Å². The van der Waals surface area contributed by atoms with Crippen molar-refractivity contribution in [2.75, 3.05) is 19.7 Å². The zero-order valence-electron chi connectivity index (χ0n) is 11.1. The average molecular weight is 271 g/mol. The normalized spacial score (nSPS) is 17.6. The van der Waals surface area contributed by atoms with Crippen molar-refractivity contribution in [2.45, 2.75) is 32.2 Å². The summed E-state index contributed by atoms with van der Waals surface area (Å²) in [5.41, 5.74) is 0. The van der Waals surface area contributed by atoms with Crippen molar-refractivity contribution in [2.24, 2.45) is 5.92 Å². The summed E-state index contributed by atoms with van der Waals surface area (Å²) >= 11 is 0. The summed E-state index contributed by atoms with van der Waals surface area (Å²) in [6.45, 7) is 3.01. The third kappa shape index (κ3) is 4.96. The fourth-order valence-electron chi connectivity index (χ4n) is 1.88. The van der Waals surface area contributed by atoms with E-state index in [0.717, 1.165) is 13.1 Å². The summed E-state index contributed by atoms with van der Waals surface area (Å²) in [6, 6.07) is -0.466. The molecule has 1 atom stereocenters. The van der Waals surface area contributed by atoms with Crippen molar-refractivity contribution >= 4 is 17.7 Å². The molecular formula is C12H21N3O4. The summed E-state index contributed by atoms with van der Waals surface area (Å²) in [5, 5.41) is 16.5. The second-order valence-electron chi connectivity index (χ2n) is 4.60. The molecule has 1 saturated heterocycles. The molecule has 1 fully saturated rings. The zero-order chi connectivity index (χ0) is 14.3. The maximum atomic E-state index is 11.7. The quantitative estimate of drug-likeness (QED) is 0.466. The second-order valence-corrected chi connectivity index (χ2v) is 4.60. The van der Waals surface area contributed by atoms with Gasteiger partial charge in [-0.2, -0.15) is 0 Å². The van der Waals surface area contributed by atoms with Crippen LogP contribution in [0, 0.1) is 5.92 Å². The Morgan fingerprint density at radius 3 is 2.42 bits per heavy atom. The van der Waals surface area contributed by atoms with Crippen LogP contribution in [-0.4, -0.2) is 48.6 Å². The molecule has 0 bridgehead atoms. The number of carbonyl (C=O) groups excluding carboxylic acids is 3. The molecule has 0 aromatic heterocycles. The van der Waals surface area contributed by atoms with E-state index in [1.165, 1.54) is 0 Å². The van der Waals surface area contributed by atoms with Crippen molar-refractivity contribution in [3.05, 3.63) is 0 Å². The highest BCUT2D eigenvalue weighted by Gasteiger charge is 2.25. The Morgan fingerprint density at radius 1 is 1.26 bits per heavy atom. The molecule has 108 valence electrons. The van der Waals surface area contributed by atoms with Crippen LogP contribution in [0.3, 0.4) is 0 Å². The Balaban J connectivity index is 2.40. The van der Waals surface area contributed by atoms with Gasteiger partial charge in [0, 0.05) is 5.92 Å². The van der Waals surface area contributed by atoms with Crippen LogP contribution in [0.4, 0.5) is 0 Å². The number of piperidine rings is 1. The van der Waals surface area contributed by atoms with Gasteiger partial charge in [-0.3, -0.25) is 19.7 Å². The minimum absolute atomic E-state index is 0.224. The van der Waals surface area contributed by atoms with Crippen LogP contribution in [0.2, 0.25) is 0 Å². The number of carbonyl (C=O) groups is 3. The average Bonchev–Trinajstić information content (AvgIpc) is 2.45. The lowest BCUT2D eigenvalue weighted by Gasteiger charge is -2.21. The van der Waals surface area contributed by atoms with Gasteiger partial charge in [0.05, 0.1) is 12.6 Å². The van der Waals surface area contributed by atoms with E-state index in [0.29, 0.717) is 19.3 Å². The van der Waals surface area contributed by atoms with Crippen LogP contribution in [0.25, 0.3) is 0 Å².